The lowest BCUT2D eigenvalue weighted by Gasteiger charge is -2.14. The van der Waals surface area contributed by atoms with Crippen molar-refractivity contribution >= 4 is 0 Å². The van der Waals surface area contributed by atoms with Crippen molar-refractivity contribution < 1.29 is 33.1 Å². The third-order valence-corrected chi connectivity index (χ3v) is 2.59. The summed E-state index contributed by atoms with van der Waals surface area (Å²) in [4.78, 5) is 0. The van der Waals surface area contributed by atoms with E-state index in [1.807, 2.05) is 6.92 Å². The highest BCUT2D eigenvalue weighted by molar-refractivity contribution is 4.96. The summed E-state index contributed by atoms with van der Waals surface area (Å²) < 4.78 is 5.00. The molecule has 0 aromatic rings. The molecule has 5 atom stereocenters. The summed E-state index contributed by atoms with van der Waals surface area (Å²) in [7, 11) is 1.52. The quantitative estimate of drug-likeness (QED) is 0.394. The van der Waals surface area contributed by atoms with Crippen molar-refractivity contribution in [2.75, 3.05) is 7.11 Å². The van der Waals surface area contributed by atoms with E-state index >= 15 is 0 Å². The zero-order valence-electron chi connectivity index (χ0n) is 7.27. The number of halogens is 1. The maximum absolute atomic E-state index is 9.38. The minimum Gasteiger partial charge on any atom is -1.00 e. The number of hydrogen-bond donors (Lipinski definition) is 3. The van der Waals surface area contributed by atoms with Crippen molar-refractivity contribution in [2.24, 2.45) is 5.92 Å². The number of aliphatic hydroxyl groups is 2. The Bertz CT molecular complexity index is 133. The van der Waals surface area contributed by atoms with Crippen molar-refractivity contribution in [2.45, 2.75) is 31.3 Å². The molecule has 4 nitrogen and oxygen atoms in total. The number of hydrogen-bond acceptors (Lipinski definition) is 3. The highest BCUT2D eigenvalue weighted by Crippen LogP contribution is 2.25. The molecule has 0 amide bonds. The Morgan fingerprint density at radius 1 is 1.25 bits per heavy atom. The zero-order valence-corrected chi connectivity index (χ0v) is 8.03. The Balaban J connectivity index is 0.00000121. The monoisotopic (exact) mass is 197 g/mol. The second-order valence-electron chi connectivity index (χ2n) is 3.20. The number of quaternary nitrogens is 1. The largest absolute Gasteiger partial charge is 1.00 e. The van der Waals surface area contributed by atoms with Crippen LogP contribution in [0.2, 0.25) is 0 Å². The lowest BCUT2D eigenvalue weighted by atomic mass is 10.1. The molecule has 0 spiro atoms. The molecule has 0 radical (unpaired) electrons. The van der Waals surface area contributed by atoms with Crippen LogP contribution in [0.15, 0.2) is 0 Å². The van der Waals surface area contributed by atoms with Gasteiger partial charge in [-0.05, 0) is 0 Å². The van der Waals surface area contributed by atoms with E-state index in [0.717, 1.165) is 0 Å². The van der Waals surface area contributed by atoms with Gasteiger partial charge in [0.2, 0.25) is 0 Å². The SMILES string of the molecule is CO[C@H]1[C@H]([NH3+])[C@@H](C)[C@H](O)[C@@H]1O.[Cl-]. The molecule has 0 aromatic carbocycles. The van der Waals surface area contributed by atoms with Crippen LogP contribution in [0.5, 0.6) is 0 Å². The first-order valence-corrected chi connectivity index (χ1v) is 3.81. The smallest absolute Gasteiger partial charge is 0.137 e. The van der Waals surface area contributed by atoms with Gasteiger partial charge < -0.3 is 33.1 Å². The van der Waals surface area contributed by atoms with Gasteiger partial charge >= 0.3 is 0 Å². The van der Waals surface area contributed by atoms with E-state index in [2.05, 4.69) is 5.73 Å². The first-order chi connectivity index (χ1) is 5.09. The highest BCUT2D eigenvalue weighted by atomic mass is 35.5. The highest BCUT2D eigenvalue weighted by Gasteiger charge is 2.48. The first-order valence-electron chi connectivity index (χ1n) is 3.81. The molecule has 1 aliphatic rings. The summed E-state index contributed by atoms with van der Waals surface area (Å²) in [6, 6.07) is -0.0231. The Labute approximate surface area is 78.1 Å². The molecule has 0 saturated heterocycles. The van der Waals surface area contributed by atoms with Gasteiger partial charge in [0.1, 0.15) is 18.2 Å². The summed E-state index contributed by atoms with van der Waals surface area (Å²) in [6.45, 7) is 1.87. The molecule has 0 heterocycles. The minimum absolute atomic E-state index is 0. The van der Waals surface area contributed by atoms with Crippen LogP contribution in [-0.4, -0.2) is 41.7 Å². The molecule has 12 heavy (non-hydrogen) atoms. The Kier molecular flexibility index (Phi) is 4.44. The van der Waals surface area contributed by atoms with Crippen LogP contribution in [0.3, 0.4) is 0 Å². The second kappa shape index (κ2) is 4.39. The van der Waals surface area contributed by atoms with E-state index in [1.165, 1.54) is 7.11 Å². The van der Waals surface area contributed by atoms with Crippen LogP contribution >= 0.6 is 0 Å². The lowest BCUT2D eigenvalue weighted by molar-refractivity contribution is -0.445. The Hall–Kier alpha value is 0.130. The molecule has 1 aliphatic carbocycles. The molecule has 0 bridgehead atoms. The Morgan fingerprint density at radius 2 is 1.75 bits per heavy atom. The van der Waals surface area contributed by atoms with Crippen LogP contribution in [0, 0.1) is 5.92 Å². The molecule has 0 aromatic heterocycles. The number of aliphatic hydroxyl groups excluding tert-OH is 2. The average Bonchev–Trinajstić information content (AvgIpc) is 2.17. The van der Waals surface area contributed by atoms with Gasteiger partial charge in [-0.2, -0.15) is 0 Å². The predicted octanol–water partition coefficient (Wildman–Crippen LogP) is -5.01. The first kappa shape index (κ1) is 12.1. The fourth-order valence-corrected chi connectivity index (χ4v) is 1.63. The summed E-state index contributed by atoms with van der Waals surface area (Å²) in [5.74, 6) is 0.00921. The average molecular weight is 198 g/mol. The number of ether oxygens (including phenoxy) is 1. The van der Waals surface area contributed by atoms with Gasteiger partial charge in [-0.1, -0.05) is 6.92 Å². The van der Waals surface area contributed by atoms with Crippen molar-refractivity contribution in [1.29, 1.82) is 0 Å². The van der Waals surface area contributed by atoms with Gasteiger partial charge in [0, 0.05) is 13.0 Å². The summed E-state index contributed by atoms with van der Waals surface area (Å²) >= 11 is 0. The molecule has 1 rings (SSSR count). The minimum atomic E-state index is -0.780. The van der Waals surface area contributed by atoms with E-state index in [1.54, 1.807) is 0 Å². The van der Waals surface area contributed by atoms with Gasteiger partial charge in [0.25, 0.3) is 0 Å². The standard InChI is InChI=1S/C7H15NO3.ClH/c1-3-4(8)7(11-2)6(10)5(3)9;/h3-7,9-10H,8H2,1-2H3;1H/t3-,4-,5+,6+,7+;/m1./s1. The summed E-state index contributed by atoms with van der Waals surface area (Å²) in [5.41, 5.74) is 3.83. The fourth-order valence-electron chi connectivity index (χ4n) is 1.63. The zero-order chi connectivity index (χ0) is 8.59. The topological polar surface area (TPSA) is 77.3 Å². The molecule has 0 unspecified atom stereocenters. The van der Waals surface area contributed by atoms with Gasteiger partial charge in [-0.25, -0.2) is 0 Å². The second-order valence-corrected chi connectivity index (χ2v) is 3.20. The van der Waals surface area contributed by atoms with Crippen molar-refractivity contribution in [3.8, 4) is 0 Å². The normalized spacial score (nSPS) is 47.2. The summed E-state index contributed by atoms with van der Waals surface area (Å²) in [5, 5.41) is 18.8. The van der Waals surface area contributed by atoms with Crippen LogP contribution in [0.1, 0.15) is 6.92 Å². The van der Waals surface area contributed by atoms with Crippen LogP contribution in [0.4, 0.5) is 0 Å². The third-order valence-electron chi connectivity index (χ3n) is 2.59. The molecule has 5 N–H and O–H groups in total. The summed E-state index contributed by atoms with van der Waals surface area (Å²) in [6.07, 6.45) is -1.79. The van der Waals surface area contributed by atoms with Crippen LogP contribution < -0.4 is 18.1 Å². The lowest BCUT2D eigenvalue weighted by Crippen LogP contribution is -3.00. The van der Waals surface area contributed by atoms with E-state index < -0.39 is 12.2 Å². The van der Waals surface area contributed by atoms with Gasteiger partial charge in [0.05, 0.1) is 6.10 Å². The Morgan fingerprint density at radius 3 is 1.92 bits per heavy atom. The van der Waals surface area contributed by atoms with E-state index in [0.29, 0.717) is 0 Å². The van der Waals surface area contributed by atoms with Crippen molar-refractivity contribution in [3.05, 3.63) is 0 Å². The number of methoxy groups -OCH3 is 1. The molecule has 5 heteroatoms. The molecule has 0 aliphatic heterocycles. The van der Waals surface area contributed by atoms with Crippen molar-refractivity contribution in [3.63, 3.8) is 0 Å². The van der Waals surface area contributed by atoms with Crippen LogP contribution in [-0.2, 0) is 4.74 Å². The van der Waals surface area contributed by atoms with Gasteiger partial charge in [-0.3, -0.25) is 0 Å². The maximum Gasteiger partial charge on any atom is 0.137 e. The fraction of sp³-hybridized carbons (Fsp3) is 1.00. The maximum atomic E-state index is 9.38. The van der Waals surface area contributed by atoms with E-state index in [-0.39, 0.29) is 30.5 Å². The number of rotatable bonds is 1. The molecular weight excluding hydrogens is 182 g/mol. The van der Waals surface area contributed by atoms with Gasteiger partial charge in [-0.15, -0.1) is 0 Å². The van der Waals surface area contributed by atoms with Gasteiger partial charge in [0.15, 0.2) is 0 Å². The van der Waals surface area contributed by atoms with E-state index in [4.69, 9.17) is 4.74 Å². The van der Waals surface area contributed by atoms with Crippen LogP contribution in [0.25, 0.3) is 0 Å². The van der Waals surface area contributed by atoms with E-state index in [9.17, 15) is 10.2 Å². The van der Waals surface area contributed by atoms with Crippen molar-refractivity contribution in [1.82, 2.24) is 0 Å². The molecule has 1 saturated carbocycles. The molecule has 74 valence electrons. The molecule has 1 fully saturated rings. The predicted molar refractivity (Wildman–Crippen MR) is 38.7 cm³/mol. The molecular formula is C7H16ClNO3. The third kappa shape index (κ3) is 1.72.